The van der Waals surface area contributed by atoms with E-state index < -0.39 is 12.0 Å². The third kappa shape index (κ3) is 4.74. The third-order valence-corrected chi connectivity index (χ3v) is 5.10. The molecule has 0 unspecified atom stereocenters. The second-order valence-electron chi connectivity index (χ2n) is 6.89. The Hall–Kier alpha value is -2.93. The molecule has 2 aromatic rings. The Balaban J connectivity index is 1.98. The largest absolute Gasteiger partial charge is 0.497 e. The number of hydrogen-bond donors (Lipinski definition) is 1. The fourth-order valence-electron chi connectivity index (χ4n) is 3.66. The summed E-state index contributed by atoms with van der Waals surface area (Å²) in [5.74, 6) is -0.386. The number of hydrogen-bond acceptors (Lipinski definition) is 4. The van der Waals surface area contributed by atoms with Crippen LogP contribution in [0.25, 0.3) is 0 Å². The molecule has 2 aromatic carbocycles. The van der Waals surface area contributed by atoms with E-state index in [0.29, 0.717) is 36.6 Å². The van der Waals surface area contributed by atoms with Gasteiger partial charge in [-0.25, -0.2) is 4.39 Å². The van der Waals surface area contributed by atoms with Gasteiger partial charge in [0.05, 0.1) is 25.7 Å². The molecular weight excluding hydrogens is 375 g/mol. The van der Waals surface area contributed by atoms with Gasteiger partial charge in [-0.1, -0.05) is 12.1 Å². The minimum atomic E-state index is -0.534. The van der Waals surface area contributed by atoms with E-state index in [0.717, 1.165) is 0 Å². The molecule has 0 bridgehead atoms. The van der Waals surface area contributed by atoms with Crippen LogP contribution in [0.2, 0.25) is 0 Å². The van der Waals surface area contributed by atoms with E-state index in [2.05, 4.69) is 5.32 Å². The van der Waals surface area contributed by atoms with Crippen molar-refractivity contribution < 1.29 is 23.5 Å². The lowest BCUT2D eigenvalue weighted by Gasteiger charge is -2.41. The van der Waals surface area contributed by atoms with Crippen molar-refractivity contribution in [2.75, 3.05) is 32.3 Å². The van der Waals surface area contributed by atoms with Gasteiger partial charge in [0.25, 0.3) is 0 Å². The molecular formula is C22H25FN2O4. The lowest BCUT2D eigenvalue weighted by Crippen LogP contribution is -2.48. The maximum absolute atomic E-state index is 13.5. The van der Waals surface area contributed by atoms with Crippen molar-refractivity contribution >= 4 is 17.5 Å². The van der Waals surface area contributed by atoms with Crippen molar-refractivity contribution in [2.45, 2.75) is 18.9 Å². The van der Waals surface area contributed by atoms with Crippen molar-refractivity contribution in [3.63, 3.8) is 0 Å². The number of halogens is 1. The van der Waals surface area contributed by atoms with Gasteiger partial charge in [-0.2, -0.15) is 0 Å². The third-order valence-electron chi connectivity index (χ3n) is 5.10. The Morgan fingerprint density at radius 2 is 1.83 bits per heavy atom. The van der Waals surface area contributed by atoms with Crippen LogP contribution < -0.4 is 15.0 Å². The zero-order chi connectivity index (χ0) is 20.8. The van der Waals surface area contributed by atoms with Crippen LogP contribution >= 0.6 is 0 Å². The zero-order valence-electron chi connectivity index (χ0n) is 16.6. The van der Waals surface area contributed by atoms with E-state index in [1.54, 1.807) is 55.5 Å². The van der Waals surface area contributed by atoms with E-state index >= 15 is 0 Å². The van der Waals surface area contributed by atoms with Crippen molar-refractivity contribution in [3.8, 4) is 5.75 Å². The number of carbonyl (C=O) groups is 2. The topological polar surface area (TPSA) is 67.9 Å². The highest BCUT2D eigenvalue weighted by atomic mass is 19.1. The van der Waals surface area contributed by atoms with E-state index in [-0.39, 0.29) is 24.1 Å². The number of methoxy groups -OCH3 is 2. The summed E-state index contributed by atoms with van der Waals surface area (Å²) in [7, 11) is 3.14. The summed E-state index contributed by atoms with van der Waals surface area (Å²) in [6.45, 7) is 0.791. The summed E-state index contributed by atoms with van der Waals surface area (Å²) in [5, 5.41) is 2.87. The number of ether oxygens (including phenoxy) is 2. The standard InChI is InChI=1S/C22H25FN2O4/c1-28-14-13-24-22(27)19-11-12-20(26)25(17-7-9-18(29-2)10-8-17)21(19)15-3-5-16(23)6-4-15/h3-10,19,21H,11-14H2,1-2H3,(H,24,27)/t19-,21+/m0/s1. The number of amides is 2. The lowest BCUT2D eigenvalue weighted by molar-refractivity contribution is -0.129. The molecule has 1 N–H and O–H groups in total. The molecule has 1 aliphatic heterocycles. The van der Waals surface area contributed by atoms with Crippen LogP contribution in [0.3, 0.4) is 0 Å². The molecule has 3 rings (SSSR count). The summed E-state index contributed by atoms with van der Waals surface area (Å²) in [6.07, 6.45) is 0.679. The number of rotatable bonds is 7. The van der Waals surface area contributed by atoms with Gasteiger partial charge in [-0.15, -0.1) is 0 Å². The smallest absolute Gasteiger partial charge is 0.227 e. The van der Waals surface area contributed by atoms with Crippen molar-refractivity contribution in [3.05, 3.63) is 59.9 Å². The normalized spacial score (nSPS) is 19.1. The Labute approximate surface area is 169 Å². The zero-order valence-corrected chi connectivity index (χ0v) is 16.6. The van der Waals surface area contributed by atoms with Gasteiger partial charge in [-0.05, 0) is 48.4 Å². The van der Waals surface area contributed by atoms with Gasteiger partial charge in [0.2, 0.25) is 11.8 Å². The second kappa shape index (κ2) is 9.52. The molecule has 154 valence electrons. The Bertz CT molecular complexity index is 839. The molecule has 1 aliphatic rings. The molecule has 0 aromatic heterocycles. The molecule has 1 fully saturated rings. The van der Waals surface area contributed by atoms with E-state index in [9.17, 15) is 14.0 Å². The molecule has 29 heavy (non-hydrogen) atoms. The molecule has 0 saturated carbocycles. The number of carbonyl (C=O) groups excluding carboxylic acids is 2. The first-order valence-electron chi connectivity index (χ1n) is 9.53. The molecule has 0 aliphatic carbocycles. The highest BCUT2D eigenvalue weighted by Crippen LogP contribution is 2.40. The second-order valence-corrected chi connectivity index (χ2v) is 6.89. The van der Waals surface area contributed by atoms with Gasteiger partial charge >= 0.3 is 0 Å². The summed E-state index contributed by atoms with van der Waals surface area (Å²) < 4.78 is 23.7. The Kier molecular flexibility index (Phi) is 6.82. The first-order valence-corrected chi connectivity index (χ1v) is 9.53. The van der Waals surface area contributed by atoms with Gasteiger partial charge < -0.3 is 19.7 Å². The maximum atomic E-state index is 13.5. The monoisotopic (exact) mass is 400 g/mol. The van der Waals surface area contributed by atoms with Crippen LogP contribution in [0.4, 0.5) is 10.1 Å². The predicted octanol–water partition coefficient (Wildman–Crippen LogP) is 3.08. The number of anilines is 1. The predicted molar refractivity (Wildman–Crippen MR) is 107 cm³/mol. The van der Waals surface area contributed by atoms with Gasteiger partial charge in [0.1, 0.15) is 11.6 Å². The molecule has 1 saturated heterocycles. The number of nitrogens with zero attached hydrogens (tertiary/aromatic N) is 1. The number of benzene rings is 2. The average molecular weight is 400 g/mol. The summed E-state index contributed by atoms with van der Waals surface area (Å²) in [6, 6.07) is 12.5. The first kappa shape index (κ1) is 20.8. The first-order chi connectivity index (χ1) is 14.0. The van der Waals surface area contributed by atoms with Crippen LogP contribution in [0, 0.1) is 11.7 Å². The highest BCUT2D eigenvalue weighted by molar-refractivity contribution is 5.97. The van der Waals surface area contributed by atoms with Crippen LogP contribution in [0.1, 0.15) is 24.4 Å². The summed E-state index contributed by atoms with van der Waals surface area (Å²) in [4.78, 5) is 27.4. The van der Waals surface area contributed by atoms with E-state index in [1.807, 2.05) is 0 Å². The fraction of sp³-hybridized carbons (Fsp3) is 0.364. The number of piperidine rings is 1. The molecule has 2 amide bonds. The van der Waals surface area contributed by atoms with Crippen LogP contribution in [0.15, 0.2) is 48.5 Å². The van der Waals surface area contributed by atoms with E-state index in [1.165, 1.54) is 12.1 Å². The fourth-order valence-corrected chi connectivity index (χ4v) is 3.66. The molecule has 0 radical (unpaired) electrons. The SMILES string of the molecule is COCCNC(=O)[C@H]1CCC(=O)N(c2ccc(OC)cc2)[C@@H]1c1ccc(F)cc1. The Morgan fingerprint density at radius 3 is 2.45 bits per heavy atom. The molecule has 0 spiro atoms. The van der Waals surface area contributed by atoms with Crippen LogP contribution in [-0.4, -0.2) is 39.2 Å². The minimum Gasteiger partial charge on any atom is -0.497 e. The Morgan fingerprint density at radius 1 is 1.14 bits per heavy atom. The molecule has 2 atom stereocenters. The quantitative estimate of drug-likeness (QED) is 0.726. The van der Waals surface area contributed by atoms with Gasteiger partial charge in [-0.3, -0.25) is 9.59 Å². The van der Waals surface area contributed by atoms with Gasteiger partial charge in [0.15, 0.2) is 0 Å². The molecule has 1 heterocycles. The van der Waals surface area contributed by atoms with Crippen molar-refractivity contribution in [2.24, 2.45) is 5.92 Å². The minimum absolute atomic E-state index is 0.0783. The van der Waals surface area contributed by atoms with Crippen molar-refractivity contribution in [1.82, 2.24) is 5.32 Å². The summed E-state index contributed by atoms with van der Waals surface area (Å²) in [5.41, 5.74) is 1.38. The maximum Gasteiger partial charge on any atom is 0.227 e. The lowest BCUT2D eigenvalue weighted by atomic mass is 9.83. The number of nitrogens with one attached hydrogen (secondary N) is 1. The van der Waals surface area contributed by atoms with E-state index in [4.69, 9.17) is 9.47 Å². The van der Waals surface area contributed by atoms with Crippen molar-refractivity contribution in [1.29, 1.82) is 0 Å². The average Bonchev–Trinajstić information content (AvgIpc) is 2.74. The van der Waals surface area contributed by atoms with Crippen LogP contribution in [-0.2, 0) is 14.3 Å². The molecule has 6 nitrogen and oxygen atoms in total. The van der Waals surface area contributed by atoms with Crippen LogP contribution in [0.5, 0.6) is 5.75 Å². The highest BCUT2D eigenvalue weighted by Gasteiger charge is 2.41. The molecule has 7 heteroatoms. The summed E-state index contributed by atoms with van der Waals surface area (Å²) >= 11 is 0. The van der Waals surface area contributed by atoms with Gasteiger partial charge in [0, 0.05) is 25.8 Å².